The third kappa shape index (κ3) is 0.839. The van der Waals surface area contributed by atoms with Gasteiger partial charge < -0.3 is 5.73 Å². The summed E-state index contributed by atoms with van der Waals surface area (Å²) in [6.07, 6.45) is -0.310. The number of rotatable bonds is 0. The van der Waals surface area contributed by atoms with Crippen LogP contribution in [0.2, 0.25) is 0 Å². The zero-order chi connectivity index (χ0) is 7.02. The van der Waals surface area contributed by atoms with Crippen molar-refractivity contribution in [3.8, 4) is 0 Å². The van der Waals surface area contributed by atoms with Gasteiger partial charge in [-0.25, -0.2) is 4.99 Å². The Morgan fingerprint density at radius 2 is 2.11 bits per heavy atom. The average molecular weight is 129 g/mol. The van der Waals surface area contributed by atoms with Gasteiger partial charge >= 0.3 is 0 Å². The summed E-state index contributed by atoms with van der Waals surface area (Å²) < 4.78 is 0. The van der Waals surface area contributed by atoms with Crippen LogP contribution in [-0.4, -0.2) is 36.4 Å². The Balaban J connectivity index is 2.70. The molecule has 0 amide bonds. The van der Waals surface area contributed by atoms with E-state index in [0.717, 1.165) is 0 Å². The maximum absolute atomic E-state index is 5.48. The molecule has 0 saturated heterocycles. The van der Waals surface area contributed by atoms with Crippen LogP contribution in [0.5, 0.6) is 0 Å². The number of nitrogens with zero attached hydrogens (tertiary/aromatic N) is 3. The molecule has 52 valence electrons. The number of nitrogens with two attached hydrogens (primary N) is 2. The summed E-state index contributed by atoms with van der Waals surface area (Å²) in [6, 6.07) is 0. The quantitative estimate of drug-likeness (QED) is 0.410. The first-order valence-electron chi connectivity index (χ1n) is 2.68. The maximum atomic E-state index is 5.48. The zero-order valence-corrected chi connectivity index (χ0v) is 5.57. The molecule has 1 rings (SSSR count). The highest BCUT2D eigenvalue weighted by Gasteiger charge is 2.21. The molecule has 0 aromatic heterocycles. The molecule has 0 fully saturated rings. The van der Waals surface area contributed by atoms with Gasteiger partial charge in [0.1, 0.15) is 0 Å². The molecule has 0 saturated carbocycles. The van der Waals surface area contributed by atoms with Gasteiger partial charge in [0.25, 0.3) is 0 Å². The molecule has 1 aliphatic heterocycles. The van der Waals surface area contributed by atoms with Gasteiger partial charge in [0.15, 0.2) is 6.29 Å². The second-order valence-corrected chi connectivity index (χ2v) is 2.00. The normalized spacial score (nSPS) is 29.0. The van der Waals surface area contributed by atoms with Crippen molar-refractivity contribution in [3.63, 3.8) is 0 Å². The molecule has 0 aromatic carbocycles. The second kappa shape index (κ2) is 1.85. The van der Waals surface area contributed by atoms with E-state index in [9.17, 15) is 0 Å². The zero-order valence-electron chi connectivity index (χ0n) is 5.57. The van der Waals surface area contributed by atoms with Gasteiger partial charge in [-0.3, -0.25) is 10.7 Å². The van der Waals surface area contributed by atoms with Crippen molar-refractivity contribution in [2.45, 2.75) is 6.29 Å². The predicted octanol–water partition coefficient (Wildman–Crippen LogP) is -1.66. The van der Waals surface area contributed by atoms with Crippen molar-refractivity contribution in [1.29, 1.82) is 0 Å². The van der Waals surface area contributed by atoms with Gasteiger partial charge in [0.2, 0.25) is 5.96 Å². The van der Waals surface area contributed by atoms with E-state index in [1.807, 2.05) is 14.1 Å². The Labute approximate surface area is 53.9 Å². The molecule has 0 bridgehead atoms. The smallest absolute Gasteiger partial charge is 0.208 e. The number of hydrogen-bond donors (Lipinski definition) is 2. The molecular formula is C4H11N5. The van der Waals surface area contributed by atoms with Crippen LogP contribution in [0.25, 0.3) is 0 Å². The lowest BCUT2D eigenvalue weighted by atomic mass is 10.8. The summed E-state index contributed by atoms with van der Waals surface area (Å²) in [7, 11) is 3.64. The monoisotopic (exact) mass is 129 g/mol. The van der Waals surface area contributed by atoms with Gasteiger partial charge in [-0.15, -0.1) is 0 Å². The molecule has 1 aliphatic rings. The summed E-state index contributed by atoms with van der Waals surface area (Å²) in [5.74, 6) is 0.463. The minimum atomic E-state index is -0.310. The van der Waals surface area contributed by atoms with Crippen molar-refractivity contribution in [2.24, 2.45) is 16.5 Å². The SMILES string of the molecule is CN1C(N)=NC(N)N1C. The highest BCUT2D eigenvalue weighted by Crippen LogP contribution is 2.03. The standard InChI is InChI=1S/C4H11N5/c1-8-3(5)7-4(6)9(8)2/h3H,5H2,1-2H3,(H2,6,7). The van der Waals surface area contributed by atoms with Crippen molar-refractivity contribution in [2.75, 3.05) is 14.1 Å². The molecule has 9 heavy (non-hydrogen) atoms. The Hall–Kier alpha value is -0.810. The van der Waals surface area contributed by atoms with Crippen molar-refractivity contribution >= 4 is 5.96 Å². The van der Waals surface area contributed by atoms with E-state index in [1.165, 1.54) is 0 Å². The van der Waals surface area contributed by atoms with E-state index >= 15 is 0 Å². The number of guanidine groups is 1. The van der Waals surface area contributed by atoms with Crippen LogP contribution in [0.15, 0.2) is 4.99 Å². The van der Waals surface area contributed by atoms with Gasteiger partial charge in [-0.1, -0.05) is 0 Å². The Kier molecular flexibility index (Phi) is 1.30. The Morgan fingerprint density at radius 3 is 2.22 bits per heavy atom. The van der Waals surface area contributed by atoms with E-state index in [4.69, 9.17) is 11.5 Å². The fourth-order valence-electron chi connectivity index (χ4n) is 0.642. The minimum absolute atomic E-state index is 0.310. The lowest BCUT2D eigenvalue weighted by Gasteiger charge is -2.22. The average Bonchev–Trinajstić information content (AvgIpc) is 1.98. The van der Waals surface area contributed by atoms with E-state index in [-0.39, 0.29) is 6.29 Å². The Bertz CT molecular complexity index is 142. The topological polar surface area (TPSA) is 70.9 Å². The molecule has 1 unspecified atom stereocenters. The highest BCUT2D eigenvalue weighted by molar-refractivity contribution is 5.78. The molecule has 0 aromatic rings. The summed E-state index contributed by atoms with van der Waals surface area (Å²) in [4.78, 5) is 3.88. The number of hydrogen-bond acceptors (Lipinski definition) is 5. The predicted molar refractivity (Wildman–Crippen MR) is 35.1 cm³/mol. The summed E-state index contributed by atoms with van der Waals surface area (Å²) >= 11 is 0. The van der Waals surface area contributed by atoms with Crippen molar-refractivity contribution in [3.05, 3.63) is 0 Å². The van der Waals surface area contributed by atoms with Crippen LogP contribution in [0.1, 0.15) is 0 Å². The third-order valence-corrected chi connectivity index (χ3v) is 1.45. The molecule has 5 nitrogen and oxygen atoms in total. The first kappa shape index (κ1) is 6.31. The van der Waals surface area contributed by atoms with Gasteiger partial charge in [-0.05, 0) is 0 Å². The lowest BCUT2D eigenvalue weighted by molar-refractivity contribution is 0.0850. The first-order chi connectivity index (χ1) is 4.13. The van der Waals surface area contributed by atoms with Crippen LogP contribution >= 0.6 is 0 Å². The molecule has 1 atom stereocenters. The maximum Gasteiger partial charge on any atom is 0.208 e. The molecule has 5 heteroatoms. The van der Waals surface area contributed by atoms with Gasteiger partial charge in [-0.2, -0.15) is 5.01 Å². The fourth-order valence-corrected chi connectivity index (χ4v) is 0.642. The molecule has 0 radical (unpaired) electrons. The highest BCUT2D eigenvalue weighted by atomic mass is 15.7. The molecule has 0 aliphatic carbocycles. The van der Waals surface area contributed by atoms with Crippen LogP contribution < -0.4 is 11.5 Å². The van der Waals surface area contributed by atoms with E-state index < -0.39 is 0 Å². The lowest BCUT2D eigenvalue weighted by Crippen LogP contribution is -2.44. The van der Waals surface area contributed by atoms with E-state index in [1.54, 1.807) is 10.0 Å². The molecule has 0 spiro atoms. The van der Waals surface area contributed by atoms with Crippen LogP contribution in [0.4, 0.5) is 0 Å². The van der Waals surface area contributed by atoms with E-state index in [0.29, 0.717) is 5.96 Å². The Morgan fingerprint density at radius 1 is 1.56 bits per heavy atom. The summed E-state index contributed by atoms with van der Waals surface area (Å²) in [6.45, 7) is 0. The van der Waals surface area contributed by atoms with Crippen LogP contribution in [0, 0.1) is 0 Å². The van der Waals surface area contributed by atoms with E-state index in [2.05, 4.69) is 4.99 Å². The molecule has 4 N–H and O–H groups in total. The first-order valence-corrected chi connectivity index (χ1v) is 2.68. The summed E-state index contributed by atoms with van der Waals surface area (Å²) in [5, 5.41) is 3.44. The minimum Gasteiger partial charge on any atom is -0.369 e. The van der Waals surface area contributed by atoms with Crippen LogP contribution in [-0.2, 0) is 0 Å². The number of aliphatic imine (C=N–C) groups is 1. The van der Waals surface area contributed by atoms with Gasteiger partial charge in [0, 0.05) is 14.1 Å². The van der Waals surface area contributed by atoms with Gasteiger partial charge in [0.05, 0.1) is 0 Å². The van der Waals surface area contributed by atoms with Crippen LogP contribution in [0.3, 0.4) is 0 Å². The van der Waals surface area contributed by atoms with Crippen molar-refractivity contribution in [1.82, 2.24) is 10.0 Å². The second-order valence-electron chi connectivity index (χ2n) is 2.00. The fraction of sp³-hybridized carbons (Fsp3) is 0.750. The third-order valence-electron chi connectivity index (χ3n) is 1.45. The number of hydrazine groups is 1. The molecular weight excluding hydrogens is 118 g/mol. The van der Waals surface area contributed by atoms with Crippen molar-refractivity contribution < 1.29 is 0 Å². The largest absolute Gasteiger partial charge is 0.369 e. The molecule has 1 heterocycles. The summed E-state index contributed by atoms with van der Waals surface area (Å²) in [5.41, 5.74) is 10.9.